The fraction of sp³-hybridized carbons (Fsp3) is 0.600. The second-order valence-electron chi connectivity index (χ2n) is 5.71. The minimum Gasteiger partial charge on any atom is -0.322 e. The van der Waals surface area contributed by atoms with Crippen molar-refractivity contribution in [3.8, 4) is 0 Å². The molecule has 2 N–H and O–H groups in total. The van der Waals surface area contributed by atoms with Crippen LogP contribution >= 0.6 is 23.2 Å². The molecule has 0 bridgehead atoms. The zero-order valence-electron chi connectivity index (χ0n) is 11.6. The molecule has 0 spiro atoms. The molecular formula is C15H22Cl2N2. The number of nitrogens with zero attached hydrogens (tertiary/aromatic N) is 1. The molecule has 2 rings (SSSR count). The van der Waals surface area contributed by atoms with Crippen molar-refractivity contribution in [2.24, 2.45) is 5.73 Å². The van der Waals surface area contributed by atoms with Crippen LogP contribution in [0, 0.1) is 0 Å². The Bertz CT molecular complexity index is 440. The van der Waals surface area contributed by atoms with Crippen molar-refractivity contribution in [3.63, 3.8) is 0 Å². The molecule has 0 aliphatic heterocycles. The van der Waals surface area contributed by atoms with Crippen LogP contribution in [0.1, 0.15) is 43.7 Å². The van der Waals surface area contributed by atoms with Crippen LogP contribution in [0.2, 0.25) is 10.0 Å². The summed E-state index contributed by atoms with van der Waals surface area (Å²) in [5, 5.41) is 1.17. The van der Waals surface area contributed by atoms with Gasteiger partial charge in [0.25, 0.3) is 0 Å². The number of benzene rings is 1. The van der Waals surface area contributed by atoms with Crippen molar-refractivity contribution in [1.82, 2.24) is 4.90 Å². The smallest absolute Gasteiger partial charge is 0.0595 e. The van der Waals surface area contributed by atoms with Crippen LogP contribution in [0.5, 0.6) is 0 Å². The van der Waals surface area contributed by atoms with Gasteiger partial charge in [-0.25, -0.2) is 0 Å². The maximum atomic E-state index is 6.58. The van der Waals surface area contributed by atoms with Gasteiger partial charge in [0.2, 0.25) is 0 Å². The van der Waals surface area contributed by atoms with E-state index in [2.05, 4.69) is 19.0 Å². The van der Waals surface area contributed by atoms with Gasteiger partial charge in [-0.1, -0.05) is 48.5 Å². The van der Waals surface area contributed by atoms with E-state index >= 15 is 0 Å². The average Bonchev–Trinajstić information content (AvgIpc) is 2.41. The molecular weight excluding hydrogens is 279 g/mol. The summed E-state index contributed by atoms with van der Waals surface area (Å²) in [5.41, 5.74) is 7.69. The lowest BCUT2D eigenvalue weighted by atomic mass is 9.73. The Morgan fingerprint density at radius 1 is 1.11 bits per heavy atom. The van der Waals surface area contributed by atoms with Crippen LogP contribution in [0.15, 0.2) is 18.2 Å². The standard InChI is InChI=1S/C15H22Cl2N2/c1-19(2)15(8-4-3-5-9-15)14(18)11-6-7-12(16)13(17)10-11/h6-7,10,14H,3-5,8-9,18H2,1-2H3. The first-order chi connectivity index (χ1) is 8.97. The highest BCUT2D eigenvalue weighted by Gasteiger charge is 2.40. The van der Waals surface area contributed by atoms with Gasteiger partial charge in [-0.15, -0.1) is 0 Å². The van der Waals surface area contributed by atoms with Crippen LogP contribution in [0.4, 0.5) is 0 Å². The zero-order chi connectivity index (χ0) is 14.0. The highest BCUT2D eigenvalue weighted by Crippen LogP contribution is 2.41. The van der Waals surface area contributed by atoms with Crippen molar-refractivity contribution in [1.29, 1.82) is 0 Å². The molecule has 1 aromatic rings. The quantitative estimate of drug-likeness (QED) is 0.904. The number of nitrogens with two attached hydrogens (primary N) is 1. The summed E-state index contributed by atoms with van der Waals surface area (Å²) < 4.78 is 0. The van der Waals surface area contributed by atoms with Crippen molar-refractivity contribution < 1.29 is 0 Å². The lowest BCUT2D eigenvalue weighted by Gasteiger charge is -2.47. The fourth-order valence-electron chi connectivity index (χ4n) is 3.22. The zero-order valence-corrected chi connectivity index (χ0v) is 13.1. The molecule has 1 fully saturated rings. The van der Waals surface area contributed by atoms with Crippen LogP contribution < -0.4 is 5.73 Å². The van der Waals surface area contributed by atoms with Crippen LogP contribution in [0.25, 0.3) is 0 Å². The van der Waals surface area contributed by atoms with E-state index in [1.165, 1.54) is 19.3 Å². The molecule has 0 radical (unpaired) electrons. The number of likely N-dealkylation sites (N-methyl/N-ethyl adjacent to an activating group) is 1. The Kier molecular flexibility index (Phi) is 4.78. The predicted molar refractivity (Wildman–Crippen MR) is 82.9 cm³/mol. The van der Waals surface area contributed by atoms with Gasteiger partial charge >= 0.3 is 0 Å². The van der Waals surface area contributed by atoms with Gasteiger partial charge in [-0.05, 0) is 44.6 Å². The van der Waals surface area contributed by atoms with Gasteiger partial charge in [-0.3, -0.25) is 0 Å². The van der Waals surface area contributed by atoms with Crippen LogP contribution in [-0.2, 0) is 0 Å². The molecule has 19 heavy (non-hydrogen) atoms. The van der Waals surface area contributed by atoms with Crippen LogP contribution in [-0.4, -0.2) is 24.5 Å². The van der Waals surface area contributed by atoms with Gasteiger partial charge in [0.05, 0.1) is 10.0 Å². The molecule has 1 saturated carbocycles. The second kappa shape index (κ2) is 6.01. The molecule has 4 heteroatoms. The summed E-state index contributed by atoms with van der Waals surface area (Å²) in [4.78, 5) is 2.29. The van der Waals surface area contributed by atoms with E-state index in [1.807, 2.05) is 18.2 Å². The third kappa shape index (κ3) is 2.92. The molecule has 1 aromatic carbocycles. The van der Waals surface area contributed by atoms with Crippen molar-refractivity contribution >= 4 is 23.2 Å². The summed E-state index contributed by atoms with van der Waals surface area (Å²) >= 11 is 12.1. The Morgan fingerprint density at radius 3 is 2.26 bits per heavy atom. The van der Waals surface area contributed by atoms with E-state index in [0.717, 1.165) is 18.4 Å². The molecule has 0 aromatic heterocycles. The van der Waals surface area contributed by atoms with Gasteiger partial charge in [-0.2, -0.15) is 0 Å². The van der Waals surface area contributed by atoms with E-state index in [1.54, 1.807) is 0 Å². The molecule has 1 unspecified atom stereocenters. The Morgan fingerprint density at radius 2 is 1.74 bits per heavy atom. The summed E-state index contributed by atoms with van der Waals surface area (Å²) in [6.45, 7) is 0. The molecule has 0 heterocycles. The highest BCUT2D eigenvalue weighted by molar-refractivity contribution is 6.42. The summed E-state index contributed by atoms with van der Waals surface area (Å²) in [6.07, 6.45) is 6.08. The summed E-state index contributed by atoms with van der Waals surface area (Å²) in [6, 6.07) is 5.72. The van der Waals surface area contributed by atoms with E-state index in [-0.39, 0.29) is 11.6 Å². The number of hydrogen-bond donors (Lipinski definition) is 1. The summed E-state index contributed by atoms with van der Waals surface area (Å²) in [5.74, 6) is 0. The third-order valence-corrected chi connectivity index (χ3v) is 5.23. The first-order valence-corrected chi connectivity index (χ1v) is 7.61. The number of rotatable bonds is 3. The monoisotopic (exact) mass is 300 g/mol. The minimum absolute atomic E-state index is 0.0300. The fourth-order valence-corrected chi connectivity index (χ4v) is 3.52. The predicted octanol–water partition coefficient (Wildman–Crippen LogP) is 4.26. The molecule has 0 amide bonds. The first-order valence-electron chi connectivity index (χ1n) is 6.85. The first kappa shape index (κ1) is 15.1. The van der Waals surface area contributed by atoms with E-state index < -0.39 is 0 Å². The van der Waals surface area contributed by atoms with E-state index in [0.29, 0.717) is 10.0 Å². The molecule has 0 saturated heterocycles. The minimum atomic E-state index is -0.0300. The normalized spacial score (nSPS) is 20.5. The molecule has 1 aliphatic rings. The van der Waals surface area contributed by atoms with E-state index in [4.69, 9.17) is 28.9 Å². The molecule has 2 nitrogen and oxygen atoms in total. The highest BCUT2D eigenvalue weighted by atomic mass is 35.5. The molecule has 1 atom stereocenters. The lowest BCUT2D eigenvalue weighted by Crippen LogP contribution is -2.53. The number of halogens is 2. The average molecular weight is 301 g/mol. The van der Waals surface area contributed by atoms with Gasteiger partial charge < -0.3 is 10.6 Å². The SMILES string of the molecule is CN(C)C1(C(N)c2ccc(Cl)c(Cl)c2)CCCCC1. The second-order valence-corrected chi connectivity index (χ2v) is 6.52. The Labute approximate surface area is 125 Å². The Balaban J connectivity index is 2.33. The van der Waals surface area contributed by atoms with Crippen molar-refractivity contribution in [3.05, 3.63) is 33.8 Å². The van der Waals surface area contributed by atoms with Crippen molar-refractivity contribution in [2.75, 3.05) is 14.1 Å². The topological polar surface area (TPSA) is 29.3 Å². The van der Waals surface area contributed by atoms with Crippen molar-refractivity contribution in [2.45, 2.75) is 43.7 Å². The number of hydrogen-bond acceptors (Lipinski definition) is 2. The van der Waals surface area contributed by atoms with E-state index in [9.17, 15) is 0 Å². The molecule has 1 aliphatic carbocycles. The van der Waals surface area contributed by atoms with Gasteiger partial charge in [0, 0.05) is 11.6 Å². The maximum absolute atomic E-state index is 6.58. The van der Waals surface area contributed by atoms with Gasteiger partial charge in [0.1, 0.15) is 0 Å². The maximum Gasteiger partial charge on any atom is 0.0595 e. The van der Waals surface area contributed by atoms with Crippen LogP contribution in [0.3, 0.4) is 0 Å². The lowest BCUT2D eigenvalue weighted by molar-refractivity contribution is 0.0713. The summed E-state index contributed by atoms with van der Waals surface area (Å²) in [7, 11) is 4.26. The molecule has 106 valence electrons. The van der Waals surface area contributed by atoms with Gasteiger partial charge in [0.15, 0.2) is 0 Å². The largest absolute Gasteiger partial charge is 0.322 e. The Hall–Kier alpha value is -0.280. The third-order valence-electron chi connectivity index (χ3n) is 4.49.